The lowest BCUT2D eigenvalue weighted by molar-refractivity contribution is -0.133. The van der Waals surface area contributed by atoms with E-state index in [1.165, 1.54) is 10.9 Å². The quantitative estimate of drug-likeness (QED) is 0.655. The van der Waals surface area contributed by atoms with E-state index in [4.69, 9.17) is 0 Å². The van der Waals surface area contributed by atoms with E-state index in [0.29, 0.717) is 18.7 Å². The normalized spacial score (nSPS) is 12.2. The highest BCUT2D eigenvalue weighted by atomic mass is 32.1. The van der Waals surface area contributed by atoms with E-state index in [0.717, 1.165) is 12.1 Å². The van der Waals surface area contributed by atoms with Crippen LogP contribution in [0.4, 0.5) is 8.78 Å². The molecule has 0 aliphatic carbocycles. The summed E-state index contributed by atoms with van der Waals surface area (Å²) >= 11 is 1.64. The molecule has 25 heavy (non-hydrogen) atoms. The van der Waals surface area contributed by atoms with Crippen molar-refractivity contribution in [3.05, 3.63) is 70.4 Å². The number of carbonyl (C=O) groups is 1. The molecule has 1 atom stereocenters. The molecule has 1 heterocycles. The molecule has 0 N–H and O–H groups in total. The SMILES string of the molecule is C=CCN(CC(=O)N(C)C(C)c1ccc(F)c(F)c1)Cc1cccs1. The third-order valence-corrected chi connectivity index (χ3v) is 4.97. The number of hydrogen-bond acceptors (Lipinski definition) is 3. The van der Waals surface area contributed by atoms with E-state index in [1.807, 2.05) is 22.4 Å². The second-order valence-corrected chi connectivity index (χ2v) is 6.92. The minimum Gasteiger partial charge on any atom is -0.338 e. The first kappa shape index (κ1) is 19.3. The summed E-state index contributed by atoms with van der Waals surface area (Å²) in [5.41, 5.74) is 0.559. The minimum atomic E-state index is -0.906. The predicted molar refractivity (Wildman–Crippen MR) is 97.3 cm³/mol. The van der Waals surface area contributed by atoms with E-state index < -0.39 is 11.6 Å². The number of amides is 1. The van der Waals surface area contributed by atoms with Gasteiger partial charge in [-0.05, 0) is 36.1 Å². The van der Waals surface area contributed by atoms with Crippen LogP contribution in [0.3, 0.4) is 0 Å². The second-order valence-electron chi connectivity index (χ2n) is 5.89. The fourth-order valence-corrected chi connectivity index (χ4v) is 3.25. The summed E-state index contributed by atoms with van der Waals surface area (Å²) in [5.74, 6) is -1.88. The molecule has 0 bridgehead atoms. The van der Waals surface area contributed by atoms with Crippen molar-refractivity contribution in [1.29, 1.82) is 0 Å². The van der Waals surface area contributed by atoms with Gasteiger partial charge in [0.2, 0.25) is 5.91 Å². The van der Waals surface area contributed by atoms with Crippen LogP contribution in [-0.2, 0) is 11.3 Å². The molecule has 1 aromatic carbocycles. The average molecular weight is 364 g/mol. The van der Waals surface area contributed by atoms with Gasteiger partial charge in [-0.2, -0.15) is 0 Å². The van der Waals surface area contributed by atoms with Gasteiger partial charge >= 0.3 is 0 Å². The van der Waals surface area contributed by atoms with Gasteiger partial charge in [-0.15, -0.1) is 17.9 Å². The lowest BCUT2D eigenvalue weighted by Crippen LogP contribution is -2.39. The van der Waals surface area contributed by atoms with E-state index in [-0.39, 0.29) is 18.5 Å². The van der Waals surface area contributed by atoms with Crippen molar-refractivity contribution in [1.82, 2.24) is 9.80 Å². The third kappa shape index (κ3) is 5.21. The molecule has 0 saturated heterocycles. The summed E-state index contributed by atoms with van der Waals surface area (Å²) in [5, 5.41) is 2.00. The Hall–Kier alpha value is -2.05. The van der Waals surface area contributed by atoms with Crippen LogP contribution < -0.4 is 0 Å². The summed E-state index contributed by atoms with van der Waals surface area (Å²) in [7, 11) is 1.67. The van der Waals surface area contributed by atoms with Crippen molar-refractivity contribution < 1.29 is 13.6 Å². The lowest BCUT2D eigenvalue weighted by Gasteiger charge is -2.28. The molecule has 0 spiro atoms. The molecule has 0 fully saturated rings. The maximum absolute atomic E-state index is 13.4. The Morgan fingerprint density at radius 2 is 2.08 bits per heavy atom. The topological polar surface area (TPSA) is 23.6 Å². The highest BCUT2D eigenvalue weighted by Gasteiger charge is 2.21. The summed E-state index contributed by atoms with van der Waals surface area (Å²) in [6.07, 6.45) is 1.76. The lowest BCUT2D eigenvalue weighted by atomic mass is 10.1. The van der Waals surface area contributed by atoms with Crippen molar-refractivity contribution >= 4 is 17.2 Å². The van der Waals surface area contributed by atoms with E-state index in [1.54, 1.807) is 36.3 Å². The molecule has 1 amide bonds. The number of nitrogens with zero attached hydrogens (tertiary/aromatic N) is 2. The van der Waals surface area contributed by atoms with E-state index >= 15 is 0 Å². The van der Waals surface area contributed by atoms with Crippen molar-refractivity contribution in [3.8, 4) is 0 Å². The van der Waals surface area contributed by atoms with Crippen LogP contribution in [0.15, 0.2) is 48.4 Å². The van der Waals surface area contributed by atoms with Gasteiger partial charge in [0.15, 0.2) is 11.6 Å². The van der Waals surface area contributed by atoms with Crippen molar-refractivity contribution in [3.63, 3.8) is 0 Å². The molecular formula is C19H22F2N2OS. The third-order valence-electron chi connectivity index (χ3n) is 4.11. The first-order valence-electron chi connectivity index (χ1n) is 7.98. The molecular weight excluding hydrogens is 342 g/mol. The maximum atomic E-state index is 13.4. The largest absolute Gasteiger partial charge is 0.338 e. The molecule has 1 aromatic heterocycles. The van der Waals surface area contributed by atoms with Crippen molar-refractivity contribution in [2.24, 2.45) is 0 Å². The molecule has 2 aromatic rings. The Balaban J connectivity index is 2.03. The zero-order valence-corrected chi connectivity index (χ0v) is 15.2. The maximum Gasteiger partial charge on any atom is 0.237 e. The van der Waals surface area contributed by atoms with Crippen LogP contribution in [0.25, 0.3) is 0 Å². The summed E-state index contributed by atoms with van der Waals surface area (Å²) in [4.78, 5) is 17.3. The monoisotopic (exact) mass is 364 g/mol. The van der Waals surface area contributed by atoms with Gasteiger partial charge in [0.05, 0.1) is 12.6 Å². The predicted octanol–water partition coefficient (Wildman–Crippen LogP) is 4.23. The van der Waals surface area contributed by atoms with Crippen molar-refractivity contribution in [2.75, 3.05) is 20.1 Å². The van der Waals surface area contributed by atoms with Crippen LogP contribution in [0.2, 0.25) is 0 Å². The molecule has 6 heteroatoms. The first-order valence-corrected chi connectivity index (χ1v) is 8.86. The molecule has 1 unspecified atom stereocenters. The average Bonchev–Trinajstić information content (AvgIpc) is 3.09. The highest BCUT2D eigenvalue weighted by molar-refractivity contribution is 7.09. The van der Waals surface area contributed by atoms with Gasteiger partial charge in [0, 0.05) is 25.0 Å². The van der Waals surface area contributed by atoms with Gasteiger partial charge in [-0.1, -0.05) is 18.2 Å². The number of rotatable bonds is 8. The molecule has 0 radical (unpaired) electrons. The Morgan fingerprint density at radius 3 is 2.68 bits per heavy atom. The Kier molecular flexibility index (Phi) is 6.84. The number of benzene rings is 1. The Labute approximate surface area is 151 Å². The van der Waals surface area contributed by atoms with Gasteiger partial charge in [0.25, 0.3) is 0 Å². The smallest absolute Gasteiger partial charge is 0.237 e. The number of likely N-dealkylation sites (N-methyl/N-ethyl adjacent to an activating group) is 1. The van der Waals surface area contributed by atoms with Gasteiger partial charge in [-0.3, -0.25) is 9.69 Å². The number of thiophene rings is 1. The zero-order valence-electron chi connectivity index (χ0n) is 14.4. The molecule has 0 aliphatic heterocycles. The molecule has 134 valence electrons. The minimum absolute atomic E-state index is 0.0874. The fourth-order valence-electron chi connectivity index (χ4n) is 2.51. The van der Waals surface area contributed by atoms with Crippen LogP contribution >= 0.6 is 11.3 Å². The van der Waals surface area contributed by atoms with Crippen LogP contribution in [0.5, 0.6) is 0 Å². The van der Waals surface area contributed by atoms with Crippen LogP contribution in [-0.4, -0.2) is 35.8 Å². The van der Waals surface area contributed by atoms with Crippen LogP contribution in [0, 0.1) is 11.6 Å². The van der Waals surface area contributed by atoms with Crippen molar-refractivity contribution in [2.45, 2.75) is 19.5 Å². The number of carbonyl (C=O) groups excluding carboxylic acids is 1. The van der Waals surface area contributed by atoms with Gasteiger partial charge < -0.3 is 4.90 Å². The zero-order chi connectivity index (χ0) is 18.4. The summed E-state index contributed by atoms with van der Waals surface area (Å²) in [6.45, 7) is 7.03. The van der Waals surface area contributed by atoms with Crippen LogP contribution in [0.1, 0.15) is 23.4 Å². The summed E-state index contributed by atoms with van der Waals surface area (Å²) < 4.78 is 26.5. The second kappa shape index (κ2) is 8.87. The number of halogens is 2. The first-order chi connectivity index (χ1) is 11.9. The summed E-state index contributed by atoms with van der Waals surface area (Å²) in [6, 6.07) is 7.37. The van der Waals surface area contributed by atoms with E-state index in [2.05, 4.69) is 6.58 Å². The fraction of sp³-hybridized carbons (Fsp3) is 0.316. The Bertz CT molecular complexity index is 718. The van der Waals surface area contributed by atoms with E-state index in [9.17, 15) is 13.6 Å². The molecule has 3 nitrogen and oxygen atoms in total. The highest BCUT2D eigenvalue weighted by Crippen LogP contribution is 2.21. The molecule has 0 aliphatic rings. The number of hydrogen-bond donors (Lipinski definition) is 0. The standard InChI is InChI=1S/C19H22F2N2OS/c1-4-9-23(12-16-6-5-10-25-16)13-19(24)22(3)14(2)15-7-8-17(20)18(21)11-15/h4-8,10-11,14H,1,9,12-13H2,2-3H3. The molecule has 2 rings (SSSR count). The Morgan fingerprint density at radius 1 is 1.32 bits per heavy atom. The van der Waals surface area contributed by atoms with Gasteiger partial charge in [-0.25, -0.2) is 8.78 Å². The molecule has 0 saturated carbocycles. The van der Waals surface area contributed by atoms with Gasteiger partial charge in [0.1, 0.15) is 0 Å².